The van der Waals surface area contributed by atoms with Crippen LogP contribution >= 0.6 is 0 Å². The number of hydrogen-bond acceptors (Lipinski definition) is 3. The second kappa shape index (κ2) is 6.88. The molecule has 0 bridgehead atoms. The van der Waals surface area contributed by atoms with Crippen molar-refractivity contribution < 1.29 is 23.2 Å². The van der Waals surface area contributed by atoms with Gasteiger partial charge in [0.1, 0.15) is 0 Å². The quantitative estimate of drug-likeness (QED) is 0.508. The standard InChI is InChI=1S/C16H16F3N3O2/c1-3-11(6-10(2)16(17,18)19)8-22-9-13-5-4-12(15(23)21-24)7-14(13)20-22/h3-7,9,24H,8H2,1-2H3,(H,21,23). The van der Waals surface area contributed by atoms with E-state index in [1.807, 2.05) is 0 Å². The fourth-order valence-corrected chi connectivity index (χ4v) is 2.12. The van der Waals surface area contributed by atoms with Gasteiger partial charge in [-0.15, -0.1) is 0 Å². The summed E-state index contributed by atoms with van der Waals surface area (Å²) >= 11 is 0. The number of nitrogens with zero attached hydrogens (tertiary/aromatic N) is 2. The second-order valence-electron chi connectivity index (χ2n) is 5.23. The molecule has 0 unspecified atom stereocenters. The highest BCUT2D eigenvalue weighted by molar-refractivity contribution is 5.97. The van der Waals surface area contributed by atoms with Gasteiger partial charge < -0.3 is 0 Å². The van der Waals surface area contributed by atoms with Crippen LogP contribution < -0.4 is 5.48 Å². The zero-order chi connectivity index (χ0) is 17.9. The smallest absolute Gasteiger partial charge is 0.288 e. The largest absolute Gasteiger partial charge is 0.412 e. The molecule has 24 heavy (non-hydrogen) atoms. The van der Waals surface area contributed by atoms with Gasteiger partial charge in [-0.3, -0.25) is 14.7 Å². The number of alkyl halides is 3. The van der Waals surface area contributed by atoms with Gasteiger partial charge in [-0.1, -0.05) is 12.1 Å². The predicted octanol–water partition coefficient (Wildman–Crippen LogP) is 3.61. The molecule has 1 aromatic carbocycles. The van der Waals surface area contributed by atoms with Crippen LogP contribution in [0.2, 0.25) is 0 Å². The number of fused-ring (bicyclic) bond motifs is 1. The van der Waals surface area contributed by atoms with E-state index < -0.39 is 17.7 Å². The number of carbonyl (C=O) groups is 1. The SMILES string of the molecule is CC=C(C=C(C)C(F)(F)F)Cn1cc2ccc(C(=O)NO)cc2n1. The van der Waals surface area contributed by atoms with Gasteiger partial charge >= 0.3 is 6.18 Å². The first-order valence-corrected chi connectivity index (χ1v) is 7.07. The second-order valence-corrected chi connectivity index (χ2v) is 5.23. The molecule has 5 nitrogen and oxygen atoms in total. The molecule has 0 saturated carbocycles. The summed E-state index contributed by atoms with van der Waals surface area (Å²) < 4.78 is 39.4. The molecule has 0 radical (unpaired) electrons. The summed E-state index contributed by atoms with van der Waals surface area (Å²) in [4.78, 5) is 11.4. The molecule has 8 heteroatoms. The summed E-state index contributed by atoms with van der Waals surface area (Å²) in [6.45, 7) is 2.84. The van der Waals surface area contributed by atoms with Gasteiger partial charge in [0.2, 0.25) is 0 Å². The molecular formula is C16H16F3N3O2. The summed E-state index contributed by atoms with van der Waals surface area (Å²) in [6.07, 6.45) is -0.0188. The Bertz CT molecular complexity index is 820. The average molecular weight is 339 g/mol. The minimum absolute atomic E-state index is 0.167. The normalized spacial score (nSPS) is 13.4. The molecule has 0 fully saturated rings. The van der Waals surface area contributed by atoms with Crippen molar-refractivity contribution in [1.82, 2.24) is 15.3 Å². The zero-order valence-electron chi connectivity index (χ0n) is 13.1. The molecule has 0 saturated heterocycles. The molecule has 1 amide bonds. The van der Waals surface area contributed by atoms with Gasteiger partial charge in [0.05, 0.1) is 12.1 Å². The van der Waals surface area contributed by atoms with Gasteiger partial charge in [0, 0.05) is 22.7 Å². The number of carbonyl (C=O) groups excluding carboxylic acids is 1. The number of amides is 1. The Balaban J connectivity index is 2.28. The van der Waals surface area contributed by atoms with Crippen LogP contribution in [-0.2, 0) is 6.54 Å². The summed E-state index contributed by atoms with van der Waals surface area (Å²) in [5.41, 5.74) is 2.04. The minimum Gasteiger partial charge on any atom is -0.288 e. The third kappa shape index (κ3) is 4.02. The number of benzene rings is 1. The van der Waals surface area contributed by atoms with Crippen molar-refractivity contribution in [3.8, 4) is 0 Å². The summed E-state index contributed by atoms with van der Waals surface area (Å²) in [7, 11) is 0. The van der Waals surface area contributed by atoms with Crippen LogP contribution in [0.3, 0.4) is 0 Å². The molecule has 1 heterocycles. The molecule has 128 valence electrons. The molecule has 2 rings (SSSR count). The van der Waals surface area contributed by atoms with E-state index in [1.54, 1.807) is 25.3 Å². The van der Waals surface area contributed by atoms with E-state index in [0.29, 0.717) is 11.1 Å². The first kappa shape index (κ1) is 17.7. The van der Waals surface area contributed by atoms with Gasteiger partial charge in [-0.2, -0.15) is 18.3 Å². The number of nitrogens with one attached hydrogen (secondary N) is 1. The fourth-order valence-electron chi connectivity index (χ4n) is 2.12. The Kier molecular flexibility index (Phi) is 5.08. The lowest BCUT2D eigenvalue weighted by Gasteiger charge is -2.08. The van der Waals surface area contributed by atoms with Crippen molar-refractivity contribution in [3.05, 3.63) is 53.3 Å². The third-order valence-corrected chi connectivity index (χ3v) is 3.48. The number of hydrogen-bond donors (Lipinski definition) is 2. The van der Waals surface area contributed by atoms with Gasteiger partial charge in [0.15, 0.2) is 0 Å². The van der Waals surface area contributed by atoms with Crippen molar-refractivity contribution in [2.24, 2.45) is 0 Å². The molecule has 0 spiro atoms. The van der Waals surface area contributed by atoms with Gasteiger partial charge in [-0.25, -0.2) is 5.48 Å². The fraction of sp³-hybridized carbons (Fsp3) is 0.250. The van der Waals surface area contributed by atoms with Crippen LogP contribution in [0.15, 0.2) is 47.7 Å². The Morgan fingerprint density at radius 3 is 2.71 bits per heavy atom. The highest BCUT2D eigenvalue weighted by Gasteiger charge is 2.29. The Morgan fingerprint density at radius 1 is 1.42 bits per heavy atom. The van der Waals surface area contributed by atoms with Crippen LogP contribution in [0.4, 0.5) is 13.2 Å². The summed E-state index contributed by atoms with van der Waals surface area (Å²) in [5, 5.41) is 13.6. The highest BCUT2D eigenvalue weighted by atomic mass is 19.4. The minimum atomic E-state index is -4.37. The number of halogens is 3. The maximum absolute atomic E-state index is 12.6. The maximum atomic E-state index is 12.6. The van der Waals surface area contributed by atoms with Crippen LogP contribution in [0, 0.1) is 0 Å². The molecule has 0 aliphatic rings. The summed E-state index contributed by atoms with van der Waals surface area (Å²) in [6, 6.07) is 4.66. The molecule has 2 N–H and O–H groups in total. The van der Waals surface area contributed by atoms with Gasteiger partial charge in [-0.05, 0) is 37.6 Å². The third-order valence-electron chi connectivity index (χ3n) is 3.48. The molecule has 2 aromatic rings. The first-order chi connectivity index (χ1) is 11.2. The van der Waals surface area contributed by atoms with Crippen molar-refractivity contribution >= 4 is 16.8 Å². The van der Waals surface area contributed by atoms with E-state index >= 15 is 0 Å². The van der Waals surface area contributed by atoms with Crippen LogP contribution in [0.5, 0.6) is 0 Å². The lowest BCUT2D eigenvalue weighted by Crippen LogP contribution is -2.18. The van der Waals surface area contributed by atoms with Crippen LogP contribution in [0.1, 0.15) is 24.2 Å². The van der Waals surface area contributed by atoms with E-state index in [-0.39, 0.29) is 12.1 Å². The van der Waals surface area contributed by atoms with Crippen LogP contribution in [0.25, 0.3) is 10.9 Å². The molecule has 0 aliphatic heterocycles. The molecule has 0 atom stereocenters. The van der Waals surface area contributed by atoms with E-state index in [1.165, 1.54) is 22.3 Å². The van der Waals surface area contributed by atoms with Crippen molar-refractivity contribution in [2.75, 3.05) is 0 Å². The van der Waals surface area contributed by atoms with E-state index in [0.717, 1.165) is 18.4 Å². The highest BCUT2D eigenvalue weighted by Crippen LogP contribution is 2.26. The number of hydroxylamine groups is 1. The number of allylic oxidation sites excluding steroid dienone is 4. The van der Waals surface area contributed by atoms with E-state index in [9.17, 15) is 18.0 Å². The predicted molar refractivity (Wildman–Crippen MR) is 82.6 cm³/mol. The molecular weight excluding hydrogens is 323 g/mol. The lowest BCUT2D eigenvalue weighted by molar-refractivity contribution is -0.0913. The van der Waals surface area contributed by atoms with Gasteiger partial charge in [0.25, 0.3) is 5.91 Å². The average Bonchev–Trinajstić information content (AvgIpc) is 2.93. The topological polar surface area (TPSA) is 67.2 Å². The monoisotopic (exact) mass is 339 g/mol. The number of aromatic nitrogens is 2. The van der Waals surface area contributed by atoms with Crippen molar-refractivity contribution in [1.29, 1.82) is 0 Å². The lowest BCUT2D eigenvalue weighted by atomic mass is 10.1. The zero-order valence-corrected chi connectivity index (χ0v) is 13.1. The molecule has 1 aromatic heterocycles. The Labute approximate surface area is 136 Å². The molecule has 0 aliphatic carbocycles. The van der Waals surface area contributed by atoms with E-state index in [4.69, 9.17) is 5.21 Å². The Morgan fingerprint density at radius 2 is 2.12 bits per heavy atom. The summed E-state index contributed by atoms with van der Waals surface area (Å²) in [5.74, 6) is -0.663. The van der Waals surface area contributed by atoms with Crippen molar-refractivity contribution in [3.63, 3.8) is 0 Å². The first-order valence-electron chi connectivity index (χ1n) is 7.07. The van der Waals surface area contributed by atoms with Crippen LogP contribution in [-0.4, -0.2) is 27.1 Å². The number of rotatable bonds is 4. The maximum Gasteiger partial charge on any atom is 0.412 e. The van der Waals surface area contributed by atoms with E-state index in [2.05, 4.69) is 5.10 Å². The Hall–Kier alpha value is -2.61. The van der Waals surface area contributed by atoms with Crippen molar-refractivity contribution in [2.45, 2.75) is 26.6 Å².